The minimum atomic E-state index is 0.599. The number of thiophene rings is 1. The molecule has 0 aliphatic carbocycles. The van der Waals surface area contributed by atoms with E-state index in [4.69, 9.17) is 11.0 Å². The Morgan fingerprint density at radius 2 is 2.29 bits per heavy atom. The van der Waals surface area contributed by atoms with Crippen LogP contribution in [0.15, 0.2) is 6.07 Å². The van der Waals surface area contributed by atoms with Crippen LogP contribution in [-0.4, -0.2) is 13.1 Å². The Morgan fingerprint density at radius 1 is 1.57 bits per heavy atom. The smallest absolute Gasteiger partial charge is 0.129 e. The van der Waals surface area contributed by atoms with E-state index in [0.717, 1.165) is 24.5 Å². The second-order valence-corrected chi connectivity index (χ2v) is 4.09. The Labute approximate surface area is 88.8 Å². The molecule has 0 aliphatic rings. The zero-order valence-electron chi connectivity index (χ0n) is 8.58. The molecule has 0 unspecified atom stereocenters. The number of nitrogen functional groups attached to an aromatic ring is 1. The van der Waals surface area contributed by atoms with Crippen molar-refractivity contribution in [1.82, 2.24) is 0 Å². The van der Waals surface area contributed by atoms with E-state index >= 15 is 0 Å². The Kier molecular flexibility index (Phi) is 3.78. The predicted molar refractivity (Wildman–Crippen MR) is 61.6 cm³/mol. The molecule has 0 aromatic carbocycles. The highest BCUT2D eigenvalue weighted by Crippen LogP contribution is 2.31. The summed E-state index contributed by atoms with van der Waals surface area (Å²) in [5, 5.41) is 9.88. The number of nitrogens with two attached hydrogens (primary N) is 1. The van der Waals surface area contributed by atoms with Gasteiger partial charge in [0.15, 0.2) is 0 Å². The van der Waals surface area contributed by atoms with Gasteiger partial charge in [-0.2, -0.15) is 5.26 Å². The van der Waals surface area contributed by atoms with Gasteiger partial charge in [-0.3, -0.25) is 0 Å². The first kappa shape index (κ1) is 10.9. The molecule has 4 heteroatoms. The van der Waals surface area contributed by atoms with Crippen LogP contribution in [0.4, 0.5) is 10.7 Å². The lowest BCUT2D eigenvalue weighted by atomic mass is 10.4. The molecule has 14 heavy (non-hydrogen) atoms. The van der Waals surface area contributed by atoms with Crippen molar-refractivity contribution in [3.05, 3.63) is 10.9 Å². The third kappa shape index (κ3) is 2.18. The van der Waals surface area contributed by atoms with E-state index in [-0.39, 0.29) is 0 Å². The summed E-state index contributed by atoms with van der Waals surface area (Å²) in [6.07, 6.45) is 1.10. The summed E-state index contributed by atoms with van der Waals surface area (Å²) in [6, 6.07) is 3.99. The van der Waals surface area contributed by atoms with Crippen LogP contribution in [0.25, 0.3) is 0 Å². The van der Waals surface area contributed by atoms with Gasteiger partial charge < -0.3 is 10.6 Å². The van der Waals surface area contributed by atoms with Gasteiger partial charge in [0, 0.05) is 13.1 Å². The molecular formula is C10H15N3S. The summed E-state index contributed by atoms with van der Waals surface area (Å²) in [5.41, 5.74) is 6.30. The number of anilines is 2. The highest BCUT2D eigenvalue weighted by Gasteiger charge is 2.10. The van der Waals surface area contributed by atoms with Crippen molar-refractivity contribution in [2.75, 3.05) is 23.7 Å². The molecule has 1 heterocycles. The van der Waals surface area contributed by atoms with E-state index < -0.39 is 0 Å². The summed E-state index contributed by atoms with van der Waals surface area (Å²) < 4.78 is 0. The third-order valence-corrected chi connectivity index (χ3v) is 3.15. The van der Waals surface area contributed by atoms with E-state index in [0.29, 0.717) is 10.6 Å². The maximum absolute atomic E-state index is 8.78. The maximum Gasteiger partial charge on any atom is 0.129 e. The second kappa shape index (κ2) is 4.87. The first-order chi connectivity index (χ1) is 6.72. The number of hydrogen-bond donors (Lipinski definition) is 1. The van der Waals surface area contributed by atoms with Crippen molar-refractivity contribution in [2.24, 2.45) is 0 Å². The van der Waals surface area contributed by atoms with Crippen LogP contribution in [0.5, 0.6) is 0 Å². The topological polar surface area (TPSA) is 53.0 Å². The molecule has 3 nitrogen and oxygen atoms in total. The number of nitriles is 1. The van der Waals surface area contributed by atoms with Gasteiger partial charge in [0.1, 0.15) is 10.9 Å². The van der Waals surface area contributed by atoms with Gasteiger partial charge in [0.25, 0.3) is 0 Å². The standard InChI is InChI=1S/C10H15N3S/c1-3-5-13(4-2)10-6-8(12)9(7-11)14-10/h6H,3-5,12H2,1-2H3. The molecule has 0 atom stereocenters. The van der Waals surface area contributed by atoms with Crippen LogP contribution in [0.1, 0.15) is 25.1 Å². The van der Waals surface area contributed by atoms with Crippen molar-refractivity contribution in [3.63, 3.8) is 0 Å². The van der Waals surface area contributed by atoms with Crippen LogP contribution in [-0.2, 0) is 0 Å². The van der Waals surface area contributed by atoms with Crippen LogP contribution < -0.4 is 10.6 Å². The first-order valence-corrected chi connectivity index (χ1v) is 5.58. The molecule has 0 spiro atoms. The fourth-order valence-corrected chi connectivity index (χ4v) is 2.30. The lowest BCUT2D eigenvalue weighted by molar-refractivity contribution is 0.799. The Hall–Kier alpha value is -1.21. The summed E-state index contributed by atoms with van der Waals surface area (Å²) in [6.45, 7) is 6.22. The molecular weight excluding hydrogens is 194 g/mol. The summed E-state index contributed by atoms with van der Waals surface area (Å²) in [4.78, 5) is 2.86. The van der Waals surface area contributed by atoms with Crippen molar-refractivity contribution in [1.29, 1.82) is 5.26 Å². The lowest BCUT2D eigenvalue weighted by Crippen LogP contribution is -2.22. The number of rotatable bonds is 4. The van der Waals surface area contributed by atoms with E-state index in [1.807, 2.05) is 6.07 Å². The molecule has 1 aromatic rings. The van der Waals surface area contributed by atoms with Crippen molar-refractivity contribution in [2.45, 2.75) is 20.3 Å². The highest BCUT2D eigenvalue weighted by molar-refractivity contribution is 7.17. The Morgan fingerprint density at radius 3 is 2.71 bits per heavy atom. The number of nitrogens with zero attached hydrogens (tertiary/aromatic N) is 2. The van der Waals surface area contributed by atoms with Gasteiger partial charge in [-0.15, -0.1) is 11.3 Å². The van der Waals surface area contributed by atoms with Crippen LogP contribution >= 0.6 is 11.3 Å². The van der Waals surface area contributed by atoms with Crippen LogP contribution in [0, 0.1) is 11.3 Å². The average molecular weight is 209 g/mol. The summed E-state index contributed by atoms with van der Waals surface area (Å²) >= 11 is 1.47. The van der Waals surface area contributed by atoms with Crippen LogP contribution in [0.3, 0.4) is 0 Å². The third-order valence-electron chi connectivity index (χ3n) is 2.04. The van der Waals surface area contributed by atoms with Gasteiger partial charge in [-0.05, 0) is 19.4 Å². The molecule has 1 aromatic heterocycles. The average Bonchev–Trinajstić information content (AvgIpc) is 2.56. The minimum absolute atomic E-state index is 0.599. The molecule has 1 rings (SSSR count). The van der Waals surface area contributed by atoms with Crippen molar-refractivity contribution < 1.29 is 0 Å². The van der Waals surface area contributed by atoms with E-state index in [9.17, 15) is 0 Å². The fourth-order valence-electron chi connectivity index (χ4n) is 1.33. The SMILES string of the molecule is CCCN(CC)c1cc(N)c(C#N)s1. The van der Waals surface area contributed by atoms with Crippen molar-refractivity contribution >= 4 is 22.0 Å². The molecule has 0 aliphatic heterocycles. The zero-order chi connectivity index (χ0) is 10.6. The van der Waals surface area contributed by atoms with Gasteiger partial charge in [-0.1, -0.05) is 6.92 Å². The molecule has 2 N–H and O–H groups in total. The minimum Gasteiger partial charge on any atom is -0.397 e. The van der Waals surface area contributed by atoms with Gasteiger partial charge in [0.05, 0.1) is 10.7 Å². The van der Waals surface area contributed by atoms with E-state index in [1.165, 1.54) is 11.3 Å². The van der Waals surface area contributed by atoms with Gasteiger partial charge in [-0.25, -0.2) is 0 Å². The molecule has 0 bridgehead atoms. The normalized spacial score (nSPS) is 9.79. The Balaban J connectivity index is 2.89. The quantitative estimate of drug-likeness (QED) is 0.828. The molecule has 0 amide bonds. The van der Waals surface area contributed by atoms with E-state index in [2.05, 4.69) is 24.8 Å². The Bertz CT molecular complexity index is 338. The molecule has 0 saturated carbocycles. The zero-order valence-corrected chi connectivity index (χ0v) is 9.40. The second-order valence-electron chi connectivity index (χ2n) is 3.06. The number of hydrogen-bond acceptors (Lipinski definition) is 4. The van der Waals surface area contributed by atoms with Crippen molar-refractivity contribution in [3.8, 4) is 6.07 Å². The summed E-state index contributed by atoms with van der Waals surface area (Å²) in [5.74, 6) is 0. The highest BCUT2D eigenvalue weighted by atomic mass is 32.1. The molecule has 0 fully saturated rings. The lowest BCUT2D eigenvalue weighted by Gasteiger charge is -2.19. The first-order valence-electron chi connectivity index (χ1n) is 4.77. The van der Waals surface area contributed by atoms with Gasteiger partial charge in [0.2, 0.25) is 0 Å². The van der Waals surface area contributed by atoms with Gasteiger partial charge >= 0.3 is 0 Å². The van der Waals surface area contributed by atoms with Crippen LogP contribution in [0.2, 0.25) is 0 Å². The molecule has 0 radical (unpaired) electrons. The largest absolute Gasteiger partial charge is 0.397 e. The van der Waals surface area contributed by atoms with E-state index in [1.54, 1.807) is 0 Å². The summed E-state index contributed by atoms with van der Waals surface area (Å²) in [7, 11) is 0. The monoisotopic (exact) mass is 209 g/mol. The molecule has 76 valence electrons. The maximum atomic E-state index is 8.78. The molecule has 0 saturated heterocycles. The fraction of sp³-hybridized carbons (Fsp3) is 0.500. The predicted octanol–water partition coefficient (Wildman–Crippen LogP) is 2.44.